The number of rotatable bonds is 7. The minimum Gasteiger partial charge on any atom is -0.341 e. The number of unbranched alkanes of at least 4 members (excludes halogenated alkanes) is 3. The van der Waals surface area contributed by atoms with Gasteiger partial charge in [-0.15, -0.1) is 0 Å². The Morgan fingerprint density at radius 3 is 2.47 bits per heavy atom. The van der Waals surface area contributed by atoms with E-state index in [0.29, 0.717) is 0 Å². The molecule has 0 aromatic carbocycles. The number of carbonyl (C=O) groups is 1. The number of hydrogen-bond donors (Lipinski definition) is 1. The Labute approximate surface area is 93.5 Å². The average molecular weight is 212 g/mol. The molecule has 0 saturated carbocycles. The van der Waals surface area contributed by atoms with Gasteiger partial charge >= 0.3 is 6.03 Å². The van der Waals surface area contributed by atoms with Crippen molar-refractivity contribution in [2.75, 3.05) is 13.6 Å². The summed E-state index contributed by atoms with van der Waals surface area (Å²) in [6, 6.07) is -0.0174. The Hall–Kier alpha value is -0.990. The minimum absolute atomic E-state index is 0.0174. The van der Waals surface area contributed by atoms with Gasteiger partial charge in [-0.1, -0.05) is 39.2 Å². The van der Waals surface area contributed by atoms with Crippen molar-refractivity contribution in [3.63, 3.8) is 0 Å². The van der Waals surface area contributed by atoms with Crippen molar-refractivity contribution in [2.24, 2.45) is 0 Å². The van der Waals surface area contributed by atoms with Crippen molar-refractivity contribution in [1.29, 1.82) is 0 Å². The van der Waals surface area contributed by atoms with E-state index < -0.39 is 0 Å². The van der Waals surface area contributed by atoms with Crippen LogP contribution in [0, 0.1) is 0 Å². The maximum absolute atomic E-state index is 11.4. The summed E-state index contributed by atoms with van der Waals surface area (Å²) in [7, 11) is 1.67. The maximum Gasteiger partial charge on any atom is 0.321 e. The first-order chi connectivity index (χ1) is 7.26. The summed E-state index contributed by atoms with van der Waals surface area (Å²) >= 11 is 0. The molecule has 0 spiro atoms. The molecule has 1 N–H and O–H groups in total. The van der Waals surface area contributed by atoms with Crippen molar-refractivity contribution in [2.45, 2.75) is 46.0 Å². The van der Waals surface area contributed by atoms with E-state index in [0.717, 1.165) is 25.8 Å². The Kier molecular flexibility index (Phi) is 8.93. The van der Waals surface area contributed by atoms with Gasteiger partial charge in [-0.2, -0.15) is 0 Å². The molecule has 0 saturated heterocycles. The van der Waals surface area contributed by atoms with Crippen LogP contribution in [-0.4, -0.2) is 24.5 Å². The third kappa shape index (κ3) is 7.00. The molecule has 0 heterocycles. The van der Waals surface area contributed by atoms with Gasteiger partial charge in [0.25, 0.3) is 0 Å². The lowest BCUT2D eigenvalue weighted by Gasteiger charge is -2.17. The normalized spacial score (nSPS) is 10.6. The SMILES string of the molecule is CCCC/C=C/N(CCCC)C(=O)NC. The van der Waals surface area contributed by atoms with Gasteiger partial charge < -0.3 is 10.2 Å². The molecule has 0 unspecified atom stereocenters. The van der Waals surface area contributed by atoms with Gasteiger partial charge in [0.15, 0.2) is 0 Å². The molecule has 0 aromatic heterocycles. The molecule has 0 radical (unpaired) electrons. The summed E-state index contributed by atoms with van der Waals surface area (Å²) in [5.74, 6) is 0. The fraction of sp³-hybridized carbons (Fsp3) is 0.750. The molecule has 0 aromatic rings. The van der Waals surface area contributed by atoms with Crippen LogP contribution in [0.15, 0.2) is 12.3 Å². The largest absolute Gasteiger partial charge is 0.341 e. The van der Waals surface area contributed by atoms with Crippen LogP contribution in [0.2, 0.25) is 0 Å². The number of carbonyl (C=O) groups excluding carboxylic acids is 1. The quantitative estimate of drug-likeness (QED) is 0.646. The average Bonchev–Trinajstić information content (AvgIpc) is 2.27. The Bertz CT molecular complexity index is 190. The first-order valence-electron chi connectivity index (χ1n) is 5.91. The molecule has 0 aliphatic carbocycles. The molecule has 0 bridgehead atoms. The number of nitrogens with zero attached hydrogens (tertiary/aromatic N) is 1. The van der Waals surface area contributed by atoms with E-state index in [9.17, 15) is 4.79 Å². The van der Waals surface area contributed by atoms with E-state index in [1.165, 1.54) is 12.8 Å². The van der Waals surface area contributed by atoms with Crippen LogP contribution < -0.4 is 5.32 Å². The highest BCUT2D eigenvalue weighted by Crippen LogP contribution is 2.00. The van der Waals surface area contributed by atoms with Crippen molar-refractivity contribution in [1.82, 2.24) is 10.2 Å². The molecule has 15 heavy (non-hydrogen) atoms. The van der Waals surface area contributed by atoms with Crippen LogP contribution in [0.3, 0.4) is 0 Å². The zero-order chi connectivity index (χ0) is 11.5. The summed E-state index contributed by atoms with van der Waals surface area (Å²) < 4.78 is 0. The molecule has 0 atom stereocenters. The lowest BCUT2D eigenvalue weighted by atomic mass is 10.2. The van der Waals surface area contributed by atoms with Crippen LogP contribution in [0.4, 0.5) is 4.79 Å². The fourth-order valence-corrected chi connectivity index (χ4v) is 1.24. The van der Waals surface area contributed by atoms with E-state index in [4.69, 9.17) is 0 Å². The highest BCUT2D eigenvalue weighted by molar-refractivity contribution is 5.74. The van der Waals surface area contributed by atoms with Crippen LogP contribution in [-0.2, 0) is 0 Å². The molecule has 3 nitrogen and oxygen atoms in total. The highest BCUT2D eigenvalue weighted by Gasteiger charge is 2.06. The molecule has 3 heteroatoms. The summed E-state index contributed by atoms with van der Waals surface area (Å²) in [4.78, 5) is 13.2. The lowest BCUT2D eigenvalue weighted by molar-refractivity contribution is 0.217. The second-order valence-electron chi connectivity index (χ2n) is 3.63. The minimum atomic E-state index is -0.0174. The zero-order valence-corrected chi connectivity index (χ0v) is 10.3. The molecule has 0 rings (SSSR count). The van der Waals surface area contributed by atoms with Crippen molar-refractivity contribution >= 4 is 6.03 Å². The summed E-state index contributed by atoms with van der Waals surface area (Å²) in [6.45, 7) is 5.10. The Morgan fingerprint density at radius 1 is 1.27 bits per heavy atom. The first-order valence-corrected chi connectivity index (χ1v) is 5.91. The van der Waals surface area contributed by atoms with Gasteiger partial charge in [0.2, 0.25) is 0 Å². The molecule has 88 valence electrons. The van der Waals surface area contributed by atoms with Crippen molar-refractivity contribution in [3.05, 3.63) is 12.3 Å². The van der Waals surface area contributed by atoms with Gasteiger partial charge in [0, 0.05) is 19.8 Å². The number of amides is 2. The number of hydrogen-bond acceptors (Lipinski definition) is 1. The summed E-state index contributed by atoms with van der Waals surface area (Å²) in [5.41, 5.74) is 0. The van der Waals surface area contributed by atoms with Crippen LogP contribution in [0.5, 0.6) is 0 Å². The number of nitrogens with one attached hydrogen (secondary N) is 1. The Morgan fingerprint density at radius 2 is 1.93 bits per heavy atom. The monoisotopic (exact) mass is 212 g/mol. The third-order valence-electron chi connectivity index (χ3n) is 2.24. The highest BCUT2D eigenvalue weighted by atomic mass is 16.2. The smallest absolute Gasteiger partial charge is 0.321 e. The molecular weight excluding hydrogens is 188 g/mol. The van der Waals surface area contributed by atoms with E-state index >= 15 is 0 Å². The predicted octanol–water partition coefficient (Wildman–Crippen LogP) is 3.13. The van der Waals surface area contributed by atoms with E-state index in [1.807, 2.05) is 6.20 Å². The molecule has 0 aliphatic rings. The van der Waals surface area contributed by atoms with Crippen molar-refractivity contribution < 1.29 is 4.79 Å². The van der Waals surface area contributed by atoms with Gasteiger partial charge in [-0.3, -0.25) is 0 Å². The molecule has 0 fully saturated rings. The van der Waals surface area contributed by atoms with Crippen LogP contribution in [0.25, 0.3) is 0 Å². The van der Waals surface area contributed by atoms with E-state index in [2.05, 4.69) is 25.2 Å². The number of allylic oxidation sites excluding steroid dienone is 1. The van der Waals surface area contributed by atoms with E-state index in [1.54, 1.807) is 11.9 Å². The molecular formula is C12H24N2O. The maximum atomic E-state index is 11.4. The first kappa shape index (κ1) is 14.0. The van der Waals surface area contributed by atoms with Crippen molar-refractivity contribution in [3.8, 4) is 0 Å². The molecule has 2 amide bonds. The second kappa shape index (κ2) is 9.56. The predicted molar refractivity (Wildman–Crippen MR) is 64.7 cm³/mol. The van der Waals surface area contributed by atoms with Gasteiger partial charge in [-0.05, 0) is 12.8 Å². The standard InChI is InChI=1S/C12H24N2O/c1-4-6-8-9-11-14(10-7-5-2)12(15)13-3/h9,11H,4-8,10H2,1-3H3,(H,13,15)/b11-9+. The zero-order valence-electron chi connectivity index (χ0n) is 10.3. The lowest BCUT2D eigenvalue weighted by Crippen LogP contribution is -2.34. The summed E-state index contributed by atoms with van der Waals surface area (Å²) in [6.07, 6.45) is 9.57. The Balaban J connectivity index is 3.99. The van der Waals surface area contributed by atoms with Gasteiger partial charge in [-0.25, -0.2) is 4.79 Å². The van der Waals surface area contributed by atoms with E-state index in [-0.39, 0.29) is 6.03 Å². The number of urea groups is 1. The fourth-order valence-electron chi connectivity index (χ4n) is 1.24. The van der Waals surface area contributed by atoms with Crippen LogP contribution in [0.1, 0.15) is 46.0 Å². The summed E-state index contributed by atoms with van der Waals surface area (Å²) in [5, 5.41) is 2.65. The topological polar surface area (TPSA) is 32.3 Å². The third-order valence-corrected chi connectivity index (χ3v) is 2.24. The second-order valence-corrected chi connectivity index (χ2v) is 3.63. The van der Waals surface area contributed by atoms with Gasteiger partial charge in [0.05, 0.1) is 0 Å². The van der Waals surface area contributed by atoms with Crippen LogP contribution >= 0.6 is 0 Å². The molecule has 0 aliphatic heterocycles. The van der Waals surface area contributed by atoms with Gasteiger partial charge in [0.1, 0.15) is 0 Å².